The van der Waals surface area contributed by atoms with Gasteiger partial charge in [-0.1, -0.05) is 64.7 Å². The Morgan fingerprint density at radius 2 is 1.38 bits per heavy atom. The Bertz CT molecular complexity index is 239. The maximum Gasteiger partial charge on any atom is 0.323 e. The molecular formula is C17H34ClNO2. The summed E-state index contributed by atoms with van der Waals surface area (Å²) in [6, 6.07) is 0. The van der Waals surface area contributed by atoms with E-state index in [0.29, 0.717) is 0 Å². The SMILES string of the molecule is CCCCCCCCCCCCOC=[N+]1CCOCC1.[Cl-]. The molecule has 1 saturated heterocycles. The molecule has 0 unspecified atom stereocenters. The van der Waals surface area contributed by atoms with Crippen molar-refractivity contribution < 1.29 is 26.5 Å². The van der Waals surface area contributed by atoms with E-state index in [1.807, 2.05) is 6.40 Å². The minimum atomic E-state index is 0. The van der Waals surface area contributed by atoms with Gasteiger partial charge in [-0.2, -0.15) is 0 Å². The zero-order valence-electron chi connectivity index (χ0n) is 13.8. The van der Waals surface area contributed by atoms with Gasteiger partial charge in [-0.3, -0.25) is 0 Å². The summed E-state index contributed by atoms with van der Waals surface area (Å²) in [5.74, 6) is 0. The minimum Gasteiger partial charge on any atom is -1.00 e. The highest BCUT2D eigenvalue weighted by molar-refractivity contribution is 5.39. The Labute approximate surface area is 137 Å². The minimum absolute atomic E-state index is 0. The molecule has 0 saturated carbocycles. The molecule has 1 heterocycles. The van der Waals surface area contributed by atoms with Crippen molar-refractivity contribution in [2.75, 3.05) is 32.9 Å². The molecule has 1 rings (SSSR count). The lowest BCUT2D eigenvalue weighted by atomic mass is 10.1. The number of hydrogen-bond acceptors (Lipinski definition) is 2. The number of hydrogen-bond donors (Lipinski definition) is 0. The van der Waals surface area contributed by atoms with Crippen molar-refractivity contribution in [3.8, 4) is 0 Å². The first-order chi connectivity index (χ1) is 9.93. The second-order valence-corrected chi connectivity index (χ2v) is 5.81. The predicted molar refractivity (Wildman–Crippen MR) is 84.7 cm³/mol. The summed E-state index contributed by atoms with van der Waals surface area (Å²) in [6.45, 7) is 6.75. The van der Waals surface area contributed by atoms with Crippen LogP contribution < -0.4 is 12.4 Å². The Balaban J connectivity index is 0.00000400. The van der Waals surface area contributed by atoms with Crippen LogP contribution in [0, 0.1) is 0 Å². The highest BCUT2D eigenvalue weighted by Crippen LogP contribution is 2.10. The summed E-state index contributed by atoms with van der Waals surface area (Å²) in [5.41, 5.74) is 0. The van der Waals surface area contributed by atoms with Gasteiger partial charge >= 0.3 is 6.40 Å². The molecular weight excluding hydrogens is 286 g/mol. The summed E-state index contributed by atoms with van der Waals surface area (Å²) in [7, 11) is 0. The van der Waals surface area contributed by atoms with Gasteiger partial charge in [-0.15, -0.1) is 0 Å². The molecule has 0 bridgehead atoms. The lowest BCUT2D eigenvalue weighted by Crippen LogP contribution is -3.00. The zero-order valence-corrected chi connectivity index (χ0v) is 14.6. The second kappa shape index (κ2) is 16.1. The van der Waals surface area contributed by atoms with Crippen LogP contribution in [0.1, 0.15) is 71.1 Å². The average Bonchev–Trinajstić information content (AvgIpc) is 2.49. The third-order valence-electron chi connectivity index (χ3n) is 3.89. The molecule has 21 heavy (non-hydrogen) atoms. The van der Waals surface area contributed by atoms with Crippen molar-refractivity contribution in [3.63, 3.8) is 0 Å². The van der Waals surface area contributed by atoms with Crippen molar-refractivity contribution >= 4 is 6.40 Å². The zero-order chi connectivity index (χ0) is 14.3. The molecule has 0 aromatic heterocycles. The van der Waals surface area contributed by atoms with Gasteiger partial charge in [0.2, 0.25) is 0 Å². The first-order valence-corrected chi connectivity index (χ1v) is 8.70. The Hall–Kier alpha value is -0.280. The van der Waals surface area contributed by atoms with Gasteiger partial charge in [0.1, 0.15) is 13.2 Å². The third-order valence-corrected chi connectivity index (χ3v) is 3.89. The molecule has 0 aromatic carbocycles. The molecule has 1 aliphatic rings. The van der Waals surface area contributed by atoms with E-state index >= 15 is 0 Å². The number of nitrogens with zero attached hydrogens (tertiary/aromatic N) is 1. The summed E-state index contributed by atoms with van der Waals surface area (Å²) < 4.78 is 13.1. The maximum absolute atomic E-state index is 5.59. The molecule has 0 aromatic rings. The number of unbranched alkanes of at least 4 members (excludes halogenated alkanes) is 9. The normalized spacial score (nSPS) is 14.6. The van der Waals surface area contributed by atoms with Gasteiger partial charge in [-0.05, 0) is 6.42 Å². The van der Waals surface area contributed by atoms with E-state index in [9.17, 15) is 0 Å². The van der Waals surface area contributed by atoms with Crippen LogP contribution >= 0.6 is 0 Å². The fraction of sp³-hybridized carbons (Fsp3) is 0.941. The number of halogens is 1. The average molecular weight is 320 g/mol. The molecule has 0 amide bonds. The van der Waals surface area contributed by atoms with Gasteiger partial charge < -0.3 is 21.9 Å². The first-order valence-electron chi connectivity index (χ1n) is 8.70. The molecule has 3 nitrogen and oxygen atoms in total. The van der Waals surface area contributed by atoms with Gasteiger partial charge in [-0.25, -0.2) is 4.58 Å². The van der Waals surface area contributed by atoms with Crippen LogP contribution in [-0.2, 0) is 9.47 Å². The molecule has 1 aliphatic heterocycles. The highest BCUT2D eigenvalue weighted by atomic mass is 35.5. The molecule has 0 spiro atoms. The van der Waals surface area contributed by atoms with E-state index in [1.54, 1.807) is 0 Å². The summed E-state index contributed by atoms with van der Waals surface area (Å²) in [6.07, 6.45) is 15.7. The Morgan fingerprint density at radius 3 is 1.95 bits per heavy atom. The molecule has 126 valence electrons. The monoisotopic (exact) mass is 319 g/mol. The van der Waals surface area contributed by atoms with Crippen LogP contribution in [0.3, 0.4) is 0 Å². The molecule has 0 atom stereocenters. The van der Waals surface area contributed by atoms with E-state index in [2.05, 4.69) is 11.5 Å². The van der Waals surface area contributed by atoms with Crippen LogP contribution in [-0.4, -0.2) is 43.9 Å². The largest absolute Gasteiger partial charge is 1.00 e. The van der Waals surface area contributed by atoms with E-state index < -0.39 is 0 Å². The number of morpholine rings is 1. The molecule has 0 radical (unpaired) electrons. The van der Waals surface area contributed by atoms with Crippen molar-refractivity contribution in [2.24, 2.45) is 0 Å². The molecule has 1 fully saturated rings. The fourth-order valence-corrected chi connectivity index (χ4v) is 2.51. The molecule has 4 heteroatoms. The van der Waals surface area contributed by atoms with Crippen LogP contribution in [0.2, 0.25) is 0 Å². The number of ether oxygens (including phenoxy) is 2. The standard InChI is InChI=1S/C17H34NO2.ClH/c1-2-3-4-5-6-7-8-9-10-11-14-20-17-18-12-15-19-16-13-18;/h17H,2-16H2,1H3;1H/q+1;/p-1. The van der Waals surface area contributed by atoms with Crippen molar-refractivity contribution in [2.45, 2.75) is 71.1 Å². The number of rotatable bonds is 12. The van der Waals surface area contributed by atoms with E-state index in [1.165, 1.54) is 64.2 Å². The summed E-state index contributed by atoms with van der Waals surface area (Å²) in [4.78, 5) is 0. The van der Waals surface area contributed by atoms with Gasteiger partial charge in [0.25, 0.3) is 0 Å². The molecule has 0 N–H and O–H groups in total. The van der Waals surface area contributed by atoms with Crippen molar-refractivity contribution in [1.82, 2.24) is 0 Å². The fourth-order valence-electron chi connectivity index (χ4n) is 2.51. The van der Waals surface area contributed by atoms with Crippen LogP contribution in [0.4, 0.5) is 0 Å². The van der Waals surface area contributed by atoms with Crippen LogP contribution in [0.25, 0.3) is 0 Å². The second-order valence-electron chi connectivity index (χ2n) is 5.81. The van der Waals surface area contributed by atoms with Gasteiger partial charge in [0.05, 0.1) is 6.61 Å². The Morgan fingerprint density at radius 1 is 0.857 bits per heavy atom. The van der Waals surface area contributed by atoms with Crippen molar-refractivity contribution in [1.29, 1.82) is 0 Å². The predicted octanol–water partition coefficient (Wildman–Crippen LogP) is 0.999. The van der Waals surface area contributed by atoms with Gasteiger partial charge in [0, 0.05) is 0 Å². The Kier molecular flexibility index (Phi) is 15.9. The topological polar surface area (TPSA) is 21.5 Å². The van der Waals surface area contributed by atoms with E-state index in [0.717, 1.165) is 32.9 Å². The smallest absolute Gasteiger partial charge is 0.323 e. The third kappa shape index (κ3) is 13.1. The lowest BCUT2D eigenvalue weighted by Gasteiger charge is -2.10. The summed E-state index contributed by atoms with van der Waals surface area (Å²) >= 11 is 0. The maximum atomic E-state index is 5.59. The van der Waals surface area contributed by atoms with Crippen LogP contribution in [0.5, 0.6) is 0 Å². The summed E-state index contributed by atoms with van der Waals surface area (Å²) in [5, 5.41) is 0. The van der Waals surface area contributed by atoms with E-state index in [-0.39, 0.29) is 12.4 Å². The van der Waals surface area contributed by atoms with Crippen LogP contribution in [0.15, 0.2) is 0 Å². The van der Waals surface area contributed by atoms with E-state index in [4.69, 9.17) is 9.47 Å². The molecule has 0 aliphatic carbocycles. The highest BCUT2D eigenvalue weighted by Gasteiger charge is 2.10. The van der Waals surface area contributed by atoms with Gasteiger partial charge in [0.15, 0.2) is 13.1 Å². The first kappa shape index (κ1) is 20.7. The quantitative estimate of drug-likeness (QED) is 0.304. The van der Waals surface area contributed by atoms with Crippen molar-refractivity contribution in [3.05, 3.63) is 0 Å². The lowest BCUT2D eigenvalue weighted by molar-refractivity contribution is -0.551.